The average Bonchev–Trinajstić information content (AvgIpc) is 2.91. The molecule has 0 radical (unpaired) electrons. The van der Waals surface area contributed by atoms with Crippen molar-refractivity contribution in [2.75, 3.05) is 41.0 Å². The van der Waals surface area contributed by atoms with Crippen LogP contribution >= 0.6 is 23.5 Å². The molecule has 3 aromatic rings. The normalized spacial score (nSPS) is 11.8. The van der Waals surface area contributed by atoms with Crippen molar-refractivity contribution >= 4 is 52.4 Å². The Morgan fingerprint density at radius 3 is 1.64 bits per heavy atom. The predicted octanol–water partition coefficient (Wildman–Crippen LogP) is 6.78. The van der Waals surface area contributed by atoms with E-state index in [1.165, 1.54) is 11.8 Å². The largest absolute Gasteiger partial charge is 0.398 e. The van der Waals surface area contributed by atoms with Gasteiger partial charge in [-0.1, -0.05) is 53.7 Å². The second-order valence-corrected chi connectivity index (χ2v) is 14.6. The van der Waals surface area contributed by atoms with Crippen molar-refractivity contribution in [2.24, 2.45) is 11.5 Å². The Balaban J connectivity index is 1.93. The molecule has 0 atom stereocenters. The van der Waals surface area contributed by atoms with Gasteiger partial charge >= 0.3 is 0 Å². The fourth-order valence-electron chi connectivity index (χ4n) is 4.34. The number of aryl methyl sites for hydroxylation is 1. The van der Waals surface area contributed by atoms with Crippen LogP contribution in [0.15, 0.2) is 58.3 Å². The Labute approximate surface area is 259 Å². The molecule has 0 saturated heterocycles. The number of nitrogen functional groups attached to an aromatic ring is 1. The summed E-state index contributed by atoms with van der Waals surface area (Å²) in [6, 6.07) is 14.9. The number of hydrogen-bond donors (Lipinski definition) is 5. The van der Waals surface area contributed by atoms with Crippen molar-refractivity contribution in [1.82, 2.24) is 0 Å². The molecule has 0 unspecified atom stereocenters. The Morgan fingerprint density at radius 2 is 1.17 bits per heavy atom. The van der Waals surface area contributed by atoms with E-state index in [0.717, 1.165) is 37.9 Å². The van der Waals surface area contributed by atoms with Gasteiger partial charge in [0.25, 0.3) is 11.8 Å². The smallest absolute Gasteiger partial charge is 0.255 e. The summed E-state index contributed by atoms with van der Waals surface area (Å²) in [5.74, 6) is 0.789. The van der Waals surface area contributed by atoms with E-state index in [1.807, 2.05) is 18.2 Å². The second-order valence-electron chi connectivity index (χ2n) is 12.4. The Bertz CT molecular complexity index is 1340. The van der Waals surface area contributed by atoms with Crippen LogP contribution in [0.3, 0.4) is 0 Å². The van der Waals surface area contributed by atoms with Gasteiger partial charge in [-0.05, 0) is 70.8 Å². The number of nitrogens with two attached hydrogens (primary N) is 3. The maximum absolute atomic E-state index is 13.5. The first-order chi connectivity index (χ1) is 19.6. The Morgan fingerprint density at radius 1 is 0.714 bits per heavy atom. The highest BCUT2D eigenvalue weighted by molar-refractivity contribution is 7.99. The van der Waals surface area contributed by atoms with Crippen LogP contribution in [0, 0.1) is 6.92 Å². The van der Waals surface area contributed by atoms with Crippen molar-refractivity contribution in [3.63, 3.8) is 0 Å². The molecule has 0 fully saturated rings. The third-order valence-electron chi connectivity index (χ3n) is 6.74. The topological polar surface area (TPSA) is 136 Å². The maximum Gasteiger partial charge on any atom is 0.255 e. The minimum atomic E-state index is -0.325. The van der Waals surface area contributed by atoms with E-state index >= 15 is 0 Å². The number of carbonyl (C=O) groups excluding carboxylic acids is 2. The van der Waals surface area contributed by atoms with Crippen LogP contribution in [0.4, 0.5) is 17.1 Å². The first-order valence-electron chi connectivity index (χ1n) is 14.1. The van der Waals surface area contributed by atoms with Crippen molar-refractivity contribution in [3.8, 4) is 0 Å². The van der Waals surface area contributed by atoms with Crippen molar-refractivity contribution in [1.29, 1.82) is 0 Å². The molecule has 3 rings (SSSR count). The van der Waals surface area contributed by atoms with Gasteiger partial charge in [0, 0.05) is 46.3 Å². The summed E-state index contributed by atoms with van der Waals surface area (Å²) in [5, 5.41) is 6.15. The zero-order valence-corrected chi connectivity index (χ0v) is 27.4. The van der Waals surface area contributed by atoms with Crippen LogP contribution in [0.1, 0.15) is 78.9 Å². The molecular weight excluding hydrogens is 563 g/mol. The molecule has 0 aromatic heterocycles. The van der Waals surface area contributed by atoms with Gasteiger partial charge in [-0.25, -0.2) is 0 Å². The molecule has 7 nitrogen and oxygen atoms in total. The molecule has 0 heterocycles. The van der Waals surface area contributed by atoms with E-state index in [9.17, 15) is 9.59 Å². The molecule has 0 aliphatic rings. The van der Waals surface area contributed by atoms with Gasteiger partial charge in [0.15, 0.2) is 0 Å². The molecule has 8 N–H and O–H groups in total. The highest BCUT2D eigenvalue weighted by Gasteiger charge is 2.22. The maximum atomic E-state index is 13.5. The molecule has 0 bridgehead atoms. The fraction of sp³-hybridized carbons (Fsp3) is 0.394. The van der Waals surface area contributed by atoms with E-state index in [1.54, 1.807) is 36.0 Å². The van der Waals surface area contributed by atoms with E-state index < -0.39 is 0 Å². The number of hydrogen-bond acceptors (Lipinski definition) is 7. The van der Waals surface area contributed by atoms with E-state index in [0.29, 0.717) is 41.3 Å². The first kappa shape index (κ1) is 33.5. The van der Waals surface area contributed by atoms with Gasteiger partial charge in [-0.3, -0.25) is 9.59 Å². The summed E-state index contributed by atoms with van der Waals surface area (Å²) in [4.78, 5) is 28.8. The minimum absolute atomic E-state index is 0.0890. The van der Waals surface area contributed by atoms with Crippen LogP contribution in [0.2, 0.25) is 0 Å². The highest BCUT2D eigenvalue weighted by atomic mass is 32.2. The van der Waals surface area contributed by atoms with Gasteiger partial charge in [-0.15, -0.1) is 23.5 Å². The second kappa shape index (κ2) is 14.0. The minimum Gasteiger partial charge on any atom is -0.398 e. The number of amides is 2. The zero-order valence-electron chi connectivity index (χ0n) is 25.8. The lowest BCUT2D eigenvalue weighted by Crippen LogP contribution is -2.19. The summed E-state index contributed by atoms with van der Waals surface area (Å²) in [6.07, 6.45) is 0. The standard InChI is InChI=1S/C33H45N5O2S2/c1-20-15-23(32(2,3)4)18-26(28(20)41-13-11-34)37-30(39)21-9-8-10-22(16-21)31(40)38-27-19-24(33(5,6)7)17-25(36)29(27)42-14-12-35/h8-10,15-19H,11-14,34-36H2,1-7H3,(H,37,39)(H,38,40). The van der Waals surface area contributed by atoms with Gasteiger partial charge in [0.2, 0.25) is 0 Å². The lowest BCUT2D eigenvalue weighted by atomic mass is 9.86. The Hall–Kier alpha value is -2.98. The fourth-order valence-corrected chi connectivity index (χ4v) is 6.03. The molecule has 0 saturated carbocycles. The first-order valence-corrected chi connectivity index (χ1v) is 16.1. The van der Waals surface area contributed by atoms with E-state index in [4.69, 9.17) is 17.2 Å². The lowest BCUT2D eigenvalue weighted by Gasteiger charge is -2.23. The van der Waals surface area contributed by atoms with Crippen molar-refractivity contribution in [3.05, 3.63) is 76.3 Å². The third-order valence-corrected chi connectivity index (χ3v) is 9.19. The summed E-state index contributed by atoms with van der Waals surface area (Å²) in [6.45, 7) is 15.8. The van der Waals surface area contributed by atoms with E-state index in [-0.39, 0.29) is 22.6 Å². The summed E-state index contributed by atoms with van der Waals surface area (Å²) < 4.78 is 0. The zero-order chi connectivity index (χ0) is 31.2. The van der Waals surface area contributed by atoms with Crippen molar-refractivity contribution < 1.29 is 9.59 Å². The number of nitrogens with one attached hydrogen (secondary N) is 2. The van der Waals surface area contributed by atoms with Crippen LogP contribution in [0.5, 0.6) is 0 Å². The number of benzene rings is 3. The molecule has 226 valence electrons. The van der Waals surface area contributed by atoms with Crippen molar-refractivity contribution in [2.45, 2.75) is 69.1 Å². The van der Waals surface area contributed by atoms with E-state index in [2.05, 4.69) is 65.2 Å². The van der Waals surface area contributed by atoms with Crippen LogP contribution < -0.4 is 27.8 Å². The van der Waals surface area contributed by atoms with Gasteiger partial charge in [-0.2, -0.15) is 0 Å². The quantitative estimate of drug-likeness (QED) is 0.127. The van der Waals surface area contributed by atoms with Gasteiger partial charge in [0.05, 0.1) is 16.3 Å². The molecule has 0 aliphatic carbocycles. The monoisotopic (exact) mass is 607 g/mol. The summed E-state index contributed by atoms with van der Waals surface area (Å²) in [7, 11) is 0. The SMILES string of the molecule is Cc1cc(C(C)(C)C)cc(NC(=O)c2cccc(C(=O)Nc3cc(C(C)(C)C)cc(N)c3SCCN)c2)c1SCCN. The molecular formula is C33H45N5O2S2. The number of rotatable bonds is 10. The van der Waals surface area contributed by atoms with Gasteiger partial charge in [0.1, 0.15) is 0 Å². The molecule has 3 aromatic carbocycles. The summed E-state index contributed by atoms with van der Waals surface area (Å²) >= 11 is 3.14. The van der Waals surface area contributed by atoms with Crippen LogP contribution in [-0.4, -0.2) is 36.4 Å². The number of anilines is 3. The number of thioether (sulfide) groups is 2. The highest BCUT2D eigenvalue weighted by Crippen LogP contribution is 2.38. The molecule has 2 amide bonds. The molecule has 0 spiro atoms. The van der Waals surface area contributed by atoms with Crippen LogP contribution in [-0.2, 0) is 10.8 Å². The average molecular weight is 608 g/mol. The van der Waals surface area contributed by atoms with Gasteiger partial charge < -0.3 is 27.8 Å². The summed E-state index contributed by atoms with van der Waals surface area (Å²) in [5.41, 5.74) is 23.7. The third kappa shape index (κ3) is 8.53. The Kier molecular flexibility index (Phi) is 11.2. The molecule has 9 heteroatoms. The predicted molar refractivity (Wildman–Crippen MR) is 181 cm³/mol. The lowest BCUT2D eigenvalue weighted by molar-refractivity contribution is 0.102. The molecule has 42 heavy (non-hydrogen) atoms. The van der Waals surface area contributed by atoms with Crippen LogP contribution in [0.25, 0.3) is 0 Å². The number of carbonyl (C=O) groups is 2. The molecule has 0 aliphatic heterocycles.